The molecule has 3 aromatic heterocycles. The minimum absolute atomic E-state index is 0.0422. The number of carbonyl (C=O) groups is 2. The number of nitrogens with one attached hydrogen (secondary N) is 2. The van der Waals surface area contributed by atoms with Gasteiger partial charge in [0.15, 0.2) is 16.9 Å². The number of aromatic nitrogens is 5. The minimum atomic E-state index is -4.77. The average molecular weight is 621 g/mol. The predicted octanol–water partition coefficient (Wildman–Crippen LogP) is 3.17. The fourth-order valence-electron chi connectivity index (χ4n) is 4.16. The first kappa shape index (κ1) is 25.6. The summed E-state index contributed by atoms with van der Waals surface area (Å²) in [7, 11) is 1.16. The van der Waals surface area contributed by atoms with Crippen LogP contribution >= 0.6 is 0 Å². The molecule has 2 atom stereocenters. The first-order valence-corrected chi connectivity index (χ1v) is 12.9. The third kappa shape index (κ3) is 6.53. The third-order valence-corrected chi connectivity index (χ3v) is 6.84. The molecule has 2 aliphatic rings. The van der Waals surface area contributed by atoms with Crippen molar-refractivity contribution in [3.8, 4) is 0 Å². The Hall–Kier alpha value is -3.93. The van der Waals surface area contributed by atoms with Gasteiger partial charge in [-0.2, -0.15) is 18.3 Å². The van der Waals surface area contributed by atoms with Crippen LogP contribution in [0.1, 0.15) is 77.6 Å². The zero-order valence-electron chi connectivity index (χ0n) is 26.9. The van der Waals surface area contributed by atoms with Crippen LogP contribution in [0.2, 0.25) is 0 Å². The number of urea groups is 1. The monoisotopic (exact) mass is 620 g/mol. The van der Waals surface area contributed by atoms with Crippen LogP contribution in [-0.2, 0) is 9.47 Å². The lowest BCUT2D eigenvalue weighted by Gasteiger charge is -2.38. The van der Waals surface area contributed by atoms with Gasteiger partial charge in [0.1, 0.15) is 5.69 Å². The number of methoxy groups -OCH3 is 1. The Bertz CT molecular complexity index is 1670. The maximum Gasteiger partial charge on any atom is 0.416 e. The molecule has 5 rings (SSSR count). The number of nitrogens with zero attached hydrogens (tertiary/aromatic N) is 6. The minimum Gasteiger partial charge on any atom is -0.382 e. The van der Waals surface area contributed by atoms with Crippen LogP contribution in [0, 0.1) is 0 Å². The highest BCUT2D eigenvalue weighted by atomic mass is 19.4. The van der Waals surface area contributed by atoms with E-state index in [0.29, 0.717) is 5.69 Å². The molecule has 1 aliphatic heterocycles. The molecule has 1 saturated carbocycles. The van der Waals surface area contributed by atoms with Crippen LogP contribution in [0.4, 0.5) is 26.7 Å². The van der Waals surface area contributed by atoms with Crippen LogP contribution in [0.3, 0.4) is 0 Å². The molecular weight excluding hydrogens is 587 g/mol. The molecule has 0 radical (unpaired) electrons. The molecule has 234 valence electrons. The van der Waals surface area contributed by atoms with E-state index in [1.165, 1.54) is 17.6 Å². The molecule has 13 nitrogen and oxygen atoms in total. The molecule has 1 saturated heterocycles. The van der Waals surface area contributed by atoms with Gasteiger partial charge >= 0.3 is 12.2 Å². The molecule has 0 spiro atoms. The van der Waals surface area contributed by atoms with Gasteiger partial charge in [0.2, 0.25) is 0 Å². The largest absolute Gasteiger partial charge is 0.416 e. The molecule has 0 aromatic carbocycles. The number of ether oxygens (including phenoxy) is 2. The lowest BCUT2D eigenvalue weighted by molar-refractivity contribution is -0.265. The van der Waals surface area contributed by atoms with Gasteiger partial charge in [0.25, 0.3) is 11.8 Å². The Morgan fingerprint density at radius 3 is 2.72 bits per heavy atom. The van der Waals surface area contributed by atoms with Crippen molar-refractivity contribution in [2.45, 2.75) is 62.4 Å². The summed E-state index contributed by atoms with van der Waals surface area (Å²) >= 11 is 0. The second-order valence-corrected chi connectivity index (χ2v) is 10.5. The number of alkyl halides is 5. The number of rotatable bonds is 11. The molecule has 3 aromatic rings. The van der Waals surface area contributed by atoms with Crippen molar-refractivity contribution in [2.24, 2.45) is 0 Å². The van der Waals surface area contributed by atoms with Crippen molar-refractivity contribution < 1.29 is 51.1 Å². The van der Waals surface area contributed by atoms with Crippen LogP contribution in [0.15, 0.2) is 23.1 Å². The highest BCUT2D eigenvalue weighted by Gasteiger charge is 2.49. The summed E-state index contributed by atoms with van der Waals surface area (Å²) in [6.45, 7) is -7.22. The second-order valence-electron chi connectivity index (χ2n) is 10.5. The van der Waals surface area contributed by atoms with Gasteiger partial charge in [-0.25, -0.2) is 27.7 Å². The van der Waals surface area contributed by atoms with Gasteiger partial charge in [-0.3, -0.25) is 4.79 Å². The Kier molecular flexibility index (Phi) is 6.71. The van der Waals surface area contributed by atoms with Crippen LogP contribution in [0.25, 0.3) is 5.65 Å². The molecule has 43 heavy (non-hydrogen) atoms. The molecule has 0 bridgehead atoms. The van der Waals surface area contributed by atoms with E-state index in [1.54, 1.807) is 0 Å². The standard InChI is InChI=1S/C25H29F5N8O5/c1-23(2,25(28,29)30)42-9-16(34-21(39)20-19(13-4-5-13)35-43-36-20)15-8-38-18(33-15)6-14(7-32-38)17(10-41-3)37-12-24(26,27)11-31-22(37)40/h6-8,13,16-17H,4-5,9-12H2,1-3H3,(H,31,40)(H,34,39)/t16-,17+/m0/s1/i11D2,12D2. The molecule has 18 heteroatoms. The number of hydrogen-bond donors (Lipinski definition) is 2. The first-order valence-electron chi connectivity index (χ1n) is 14.9. The Morgan fingerprint density at radius 1 is 1.30 bits per heavy atom. The van der Waals surface area contributed by atoms with Crippen molar-refractivity contribution in [2.75, 3.05) is 33.3 Å². The van der Waals surface area contributed by atoms with Crippen LogP contribution in [0.5, 0.6) is 0 Å². The predicted molar refractivity (Wildman–Crippen MR) is 135 cm³/mol. The molecule has 4 heterocycles. The van der Waals surface area contributed by atoms with E-state index >= 15 is 0 Å². The summed E-state index contributed by atoms with van der Waals surface area (Å²) in [6, 6.07) is -3.16. The summed E-state index contributed by atoms with van der Waals surface area (Å²) in [5.74, 6) is -5.59. The van der Waals surface area contributed by atoms with E-state index in [-0.39, 0.29) is 33.4 Å². The van der Waals surface area contributed by atoms with Crippen LogP contribution < -0.4 is 10.6 Å². The molecule has 2 fully saturated rings. The van der Waals surface area contributed by atoms with E-state index in [9.17, 15) is 31.5 Å². The lowest BCUT2D eigenvalue weighted by atomic mass is 10.1. The molecule has 2 N–H and O–H groups in total. The van der Waals surface area contributed by atoms with E-state index in [0.717, 1.165) is 44.5 Å². The summed E-state index contributed by atoms with van der Waals surface area (Å²) in [6.07, 6.45) is -0.928. The Morgan fingerprint density at radius 2 is 2.05 bits per heavy atom. The Labute approximate surface area is 246 Å². The van der Waals surface area contributed by atoms with E-state index in [2.05, 4.69) is 25.7 Å². The second kappa shape index (κ2) is 11.3. The van der Waals surface area contributed by atoms with Crippen molar-refractivity contribution in [3.63, 3.8) is 0 Å². The summed E-state index contributed by atoms with van der Waals surface area (Å²) in [5.41, 5.74) is -2.65. The average Bonchev–Trinajstić information content (AvgIpc) is 3.52. The van der Waals surface area contributed by atoms with Gasteiger partial charge in [-0.05, 0) is 37.9 Å². The normalized spacial score (nSPS) is 22.6. The number of hydrogen-bond acceptors (Lipinski definition) is 9. The van der Waals surface area contributed by atoms with Gasteiger partial charge in [0, 0.05) is 18.6 Å². The van der Waals surface area contributed by atoms with E-state index < -0.39 is 67.9 Å². The van der Waals surface area contributed by atoms with Crippen molar-refractivity contribution in [1.82, 2.24) is 40.4 Å². The number of amides is 3. The fraction of sp³-hybridized carbons (Fsp3) is 0.600. The van der Waals surface area contributed by atoms with E-state index in [4.69, 9.17) is 19.6 Å². The number of imidazole rings is 1. The van der Waals surface area contributed by atoms with Gasteiger partial charge < -0.3 is 25.0 Å². The highest BCUT2D eigenvalue weighted by Crippen LogP contribution is 2.40. The molecule has 3 amide bonds. The van der Waals surface area contributed by atoms with Crippen molar-refractivity contribution in [1.29, 1.82) is 0 Å². The smallest absolute Gasteiger partial charge is 0.382 e. The molecule has 0 unspecified atom stereocenters. The molecular formula is C25H29F5N8O5. The zero-order chi connectivity index (χ0) is 34.7. The molecule has 1 aliphatic carbocycles. The zero-order valence-corrected chi connectivity index (χ0v) is 22.9. The lowest BCUT2D eigenvalue weighted by Crippen LogP contribution is -2.58. The summed E-state index contributed by atoms with van der Waals surface area (Å²) in [5, 5.41) is 15.5. The first-order chi connectivity index (χ1) is 21.7. The summed E-state index contributed by atoms with van der Waals surface area (Å²) < 4.78 is 118. The SMILES string of the molecule is [2H]C1([2H])NC(=O)N([C@H](COC)c2cnn3cc([C@H](COC(C)(C)C(F)(F)F)NC(=O)c4nonc4C4CC4)nc3c2)C([2H])([2H])C1(F)F. The number of carbonyl (C=O) groups excluding carboxylic acids is 2. The van der Waals surface area contributed by atoms with E-state index in [1.807, 2.05) is 0 Å². The quantitative estimate of drug-likeness (QED) is 0.308. The topological polar surface area (TPSA) is 149 Å². The van der Waals surface area contributed by atoms with Gasteiger partial charge in [-0.1, -0.05) is 5.16 Å². The maximum atomic E-state index is 14.9. The highest BCUT2D eigenvalue weighted by molar-refractivity contribution is 5.93. The van der Waals surface area contributed by atoms with Crippen molar-refractivity contribution in [3.05, 3.63) is 41.1 Å². The number of fused-ring (bicyclic) bond motifs is 1. The van der Waals surface area contributed by atoms with Gasteiger partial charge in [-0.15, -0.1) is 0 Å². The summed E-state index contributed by atoms with van der Waals surface area (Å²) in [4.78, 5) is 30.4. The fourth-order valence-corrected chi connectivity index (χ4v) is 4.16. The Balaban J connectivity index is 1.49. The van der Waals surface area contributed by atoms with Crippen LogP contribution in [-0.4, -0.2) is 92.8 Å². The van der Waals surface area contributed by atoms with Gasteiger partial charge in [0.05, 0.1) is 61.9 Å². The number of halogens is 5. The third-order valence-electron chi connectivity index (χ3n) is 6.84. The van der Waals surface area contributed by atoms with Crippen molar-refractivity contribution >= 4 is 17.6 Å². The maximum absolute atomic E-state index is 14.9.